The van der Waals surface area contributed by atoms with Crippen molar-refractivity contribution in [3.05, 3.63) is 63.7 Å². The topological polar surface area (TPSA) is 63.5 Å². The van der Waals surface area contributed by atoms with Crippen molar-refractivity contribution in [2.24, 2.45) is 0 Å². The van der Waals surface area contributed by atoms with E-state index in [0.29, 0.717) is 18.7 Å². The summed E-state index contributed by atoms with van der Waals surface area (Å²) in [6.07, 6.45) is 0.540. The number of fused-ring (bicyclic) bond motifs is 1. The van der Waals surface area contributed by atoms with Crippen LogP contribution >= 0.6 is 11.8 Å². The molecule has 0 bridgehead atoms. The molecule has 1 amide bonds. The summed E-state index contributed by atoms with van der Waals surface area (Å²) in [7, 11) is 0. The van der Waals surface area contributed by atoms with Gasteiger partial charge in [0.2, 0.25) is 5.91 Å². The molecule has 2 aromatic carbocycles. The van der Waals surface area contributed by atoms with Gasteiger partial charge in [0, 0.05) is 35.3 Å². The van der Waals surface area contributed by atoms with Crippen LogP contribution in [0.25, 0.3) is 0 Å². The van der Waals surface area contributed by atoms with Gasteiger partial charge in [-0.3, -0.25) is 14.9 Å². The van der Waals surface area contributed by atoms with Gasteiger partial charge in [0.1, 0.15) is 11.6 Å². The lowest BCUT2D eigenvalue weighted by atomic mass is 10.1. The number of anilines is 1. The van der Waals surface area contributed by atoms with E-state index in [1.54, 1.807) is 6.07 Å². The number of non-ortho nitro benzene ring substituents is 1. The molecule has 24 heavy (non-hydrogen) atoms. The van der Waals surface area contributed by atoms with E-state index < -0.39 is 16.6 Å². The van der Waals surface area contributed by atoms with Gasteiger partial charge in [-0.2, -0.15) is 0 Å². The molecule has 0 unspecified atom stereocenters. The fraction of sp³-hybridized carbons (Fsp3) is 0.188. The number of amides is 1. The van der Waals surface area contributed by atoms with Gasteiger partial charge < -0.3 is 4.90 Å². The quantitative estimate of drug-likeness (QED) is 0.481. The Labute approximate surface area is 140 Å². The van der Waals surface area contributed by atoms with Crippen LogP contribution in [-0.2, 0) is 11.2 Å². The van der Waals surface area contributed by atoms with Crippen molar-refractivity contribution in [1.82, 2.24) is 0 Å². The molecule has 1 aliphatic heterocycles. The van der Waals surface area contributed by atoms with E-state index in [2.05, 4.69) is 0 Å². The van der Waals surface area contributed by atoms with Crippen LogP contribution in [0.5, 0.6) is 0 Å². The van der Waals surface area contributed by atoms with Crippen molar-refractivity contribution in [1.29, 1.82) is 0 Å². The summed E-state index contributed by atoms with van der Waals surface area (Å²) in [5.74, 6) is -1.60. The lowest BCUT2D eigenvalue weighted by Crippen LogP contribution is -2.30. The van der Waals surface area contributed by atoms with Crippen LogP contribution < -0.4 is 4.90 Å². The standard InChI is InChI=1S/C16H12F2N2O3S/c17-11-1-4-15(13(18)8-11)24-9-16(21)19-6-5-10-7-12(20(22)23)2-3-14(10)19/h1-4,7-8H,5-6,9H2. The number of benzene rings is 2. The number of nitrogens with zero attached hydrogens (tertiary/aromatic N) is 2. The van der Waals surface area contributed by atoms with Gasteiger partial charge in [-0.25, -0.2) is 8.78 Å². The van der Waals surface area contributed by atoms with Crippen LogP contribution in [-0.4, -0.2) is 23.1 Å². The zero-order valence-corrected chi connectivity index (χ0v) is 13.2. The van der Waals surface area contributed by atoms with E-state index in [-0.39, 0.29) is 22.2 Å². The molecule has 0 N–H and O–H groups in total. The molecular weight excluding hydrogens is 338 g/mol. The van der Waals surface area contributed by atoms with Crippen LogP contribution in [0.15, 0.2) is 41.3 Å². The molecular formula is C16H12F2N2O3S. The van der Waals surface area contributed by atoms with E-state index in [0.717, 1.165) is 29.5 Å². The van der Waals surface area contributed by atoms with Gasteiger partial charge >= 0.3 is 0 Å². The summed E-state index contributed by atoms with van der Waals surface area (Å²) in [6, 6.07) is 7.59. The fourth-order valence-corrected chi connectivity index (χ4v) is 3.37. The minimum Gasteiger partial charge on any atom is -0.311 e. The van der Waals surface area contributed by atoms with Gasteiger partial charge in [0.05, 0.1) is 10.7 Å². The minimum absolute atomic E-state index is 0.00101. The summed E-state index contributed by atoms with van der Waals surface area (Å²) in [5, 5.41) is 10.8. The molecule has 0 aliphatic carbocycles. The lowest BCUT2D eigenvalue weighted by molar-refractivity contribution is -0.384. The maximum absolute atomic E-state index is 13.6. The lowest BCUT2D eigenvalue weighted by Gasteiger charge is -2.17. The largest absolute Gasteiger partial charge is 0.311 e. The number of thioether (sulfide) groups is 1. The van der Waals surface area contributed by atoms with E-state index in [1.165, 1.54) is 23.1 Å². The third kappa shape index (κ3) is 3.23. The zero-order valence-electron chi connectivity index (χ0n) is 12.4. The number of hydrogen-bond acceptors (Lipinski definition) is 4. The Kier molecular flexibility index (Phi) is 4.48. The van der Waals surface area contributed by atoms with Crippen LogP contribution in [0, 0.1) is 21.7 Å². The number of nitro benzene ring substituents is 1. The number of carbonyl (C=O) groups excluding carboxylic acids is 1. The first kappa shape index (κ1) is 16.4. The maximum atomic E-state index is 13.6. The molecule has 3 rings (SSSR count). The Hall–Kier alpha value is -2.48. The number of nitro groups is 1. The minimum atomic E-state index is -0.703. The average Bonchev–Trinajstić information content (AvgIpc) is 2.96. The number of halogens is 2. The molecule has 8 heteroatoms. The first-order valence-corrected chi connectivity index (χ1v) is 8.10. The second-order valence-corrected chi connectivity index (χ2v) is 6.25. The molecule has 0 aromatic heterocycles. The third-order valence-electron chi connectivity index (χ3n) is 3.72. The van der Waals surface area contributed by atoms with Gasteiger partial charge in [-0.1, -0.05) is 0 Å². The highest BCUT2D eigenvalue weighted by atomic mass is 32.2. The first-order valence-electron chi connectivity index (χ1n) is 7.11. The predicted octanol–water partition coefficient (Wildman–Crippen LogP) is 3.55. The highest BCUT2D eigenvalue weighted by molar-refractivity contribution is 8.00. The summed E-state index contributed by atoms with van der Waals surface area (Å²) in [4.78, 5) is 24.4. The summed E-state index contributed by atoms with van der Waals surface area (Å²) < 4.78 is 26.5. The van der Waals surface area contributed by atoms with Crippen molar-refractivity contribution >= 4 is 29.0 Å². The monoisotopic (exact) mass is 350 g/mol. The second-order valence-electron chi connectivity index (χ2n) is 5.23. The Balaban J connectivity index is 1.70. The first-order chi connectivity index (χ1) is 11.5. The Morgan fingerprint density at radius 2 is 2.04 bits per heavy atom. The highest BCUT2D eigenvalue weighted by Gasteiger charge is 2.26. The predicted molar refractivity (Wildman–Crippen MR) is 86.2 cm³/mol. The van der Waals surface area contributed by atoms with Crippen LogP contribution in [0.3, 0.4) is 0 Å². The van der Waals surface area contributed by atoms with E-state index in [4.69, 9.17) is 0 Å². The van der Waals surface area contributed by atoms with Crippen LogP contribution in [0.4, 0.5) is 20.2 Å². The molecule has 0 saturated heterocycles. The molecule has 0 fully saturated rings. The average molecular weight is 350 g/mol. The van der Waals surface area contributed by atoms with E-state index >= 15 is 0 Å². The van der Waals surface area contributed by atoms with Gasteiger partial charge in [0.15, 0.2) is 0 Å². The smallest absolute Gasteiger partial charge is 0.269 e. The molecule has 5 nitrogen and oxygen atoms in total. The van der Waals surface area contributed by atoms with Crippen molar-refractivity contribution in [2.75, 3.05) is 17.2 Å². The summed E-state index contributed by atoms with van der Waals surface area (Å²) in [6.45, 7) is 0.432. The molecule has 2 aromatic rings. The molecule has 124 valence electrons. The SMILES string of the molecule is O=C(CSc1ccc(F)cc1F)N1CCc2cc([N+](=O)[O-])ccc21. The molecule has 1 heterocycles. The van der Waals surface area contributed by atoms with Gasteiger partial charge in [0.25, 0.3) is 5.69 Å². The van der Waals surface area contributed by atoms with E-state index in [9.17, 15) is 23.7 Å². The van der Waals surface area contributed by atoms with Crippen molar-refractivity contribution in [3.8, 4) is 0 Å². The van der Waals surface area contributed by atoms with Crippen LogP contribution in [0.1, 0.15) is 5.56 Å². The highest BCUT2D eigenvalue weighted by Crippen LogP contribution is 2.32. The number of carbonyl (C=O) groups is 1. The van der Waals surface area contributed by atoms with Crippen LogP contribution in [0.2, 0.25) is 0 Å². The second kappa shape index (κ2) is 6.56. The zero-order chi connectivity index (χ0) is 17.3. The Bertz CT molecular complexity index is 829. The van der Waals surface area contributed by atoms with Crippen molar-refractivity contribution < 1.29 is 18.5 Å². The van der Waals surface area contributed by atoms with Gasteiger partial charge in [-0.05, 0) is 30.2 Å². The number of hydrogen-bond donors (Lipinski definition) is 0. The summed E-state index contributed by atoms with van der Waals surface area (Å²) >= 11 is 0.992. The fourth-order valence-electron chi connectivity index (χ4n) is 2.57. The number of rotatable bonds is 4. The molecule has 0 radical (unpaired) electrons. The molecule has 0 atom stereocenters. The molecule has 0 saturated carbocycles. The maximum Gasteiger partial charge on any atom is 0.269 e. The Morgan fingerprint density at radius 3 is 2.75 bits per heavy atom. The summed E-state index contributed by atoms with van der Waals surface area (Å²) in [5.41, 5.74) is 1.38. The molecule has 1 aliphatic rings. The van der Waals surface area contributed by atoms with Gasteiger partial charge in [-0.15, -0.1) is 11.8 Å². The van der Waals surface area contributed by atoms with Crippen molar-refractivity contribution in [3.63, 3.8) is 0 Å². The molecule has 0 spiro atoms. The normalized spacial score (nSPS) is 13.0. The third-order valence-corrected chi connectivity index (χ3v) is 4.75. The Morgan fingerprint density at radius 1 is 1.25 bits per heavy atom. The van der Waals surface area contributed by atoms with Crippen molar-refractivity contribution in [2.45, 2.75) is 11.3 Å². The van der Waals surface area contributed by atoms with E-state index in [1.807, 2.05) is 0 Å².